The van der Waals surface area contributed by atoms with Gasteiger partial charge < -0.3 is 14.7 Å². The summed E-state index contributed by atoms with van der Waals surface area (Å²) in [6, 6.07) is 9.80. The maximum absolute atomic E-state index is 12.8. The highest BCUT2D eigenvalue weighted by Crippen LogP contribution is 2.56. The number of allylic oxidation sites excluding steroid dienone is 1. The first-order valence-corrected chi connectivity index (χ1v) is 11.2. The molecule has 4 heteroatoms. The monoisotopic (exact) mass is 398 g/mol. The van der Waals surface area contributed by atoms with Crippen molar-refractivity contribution >= 4 is 5.97 Å². The van der Waals surface area contributed by atoms with Gasteiger partial charge in [-0.25, -0.2) is 0 Å². The largest absolute Gasteiger partial charge is 0.462 e. The van der Waals surface area contributed by atoms with Crippen LogP contribution in [-0.2, 0) is 9.53 Å². The van der Waals surface area contributed by atoms with Crippen LogP contribution in [0.15, 0.2) is 42.5 Å². The number of aliphatic hydroxyl groups is 1. The molecule has 0 bridgehead atoms. The van der Waals surface area contributed by atoms with Crippen LogP contribution in [0.4, 0.5) is 0 Å². The van der Waals surface area contributed by atoms with Gasteiger partial charge in [0.25, 0.3) is 0 Å². The second-order valence-corrected chi connectivity index (χ2v) is 10.1. The lowest BCUT2D eigenvalue weighted by atomic mass is 9.55. The van der Waals surface area contributed by atoms with Gasteiger partial charge in [-0.05, 0) is 55.9 Å². The number of carbonyl (C=O) groups excluding carboxylic acids is 1. The van der Waals surface area contributed by atoms with Crippen molar-refractivity contribution in [1.82, 2.24) is 0 Å². The Hall–Kier alpha value is -1.65. The molecule has 2 N–H and O–H groups in total. The summed E-state index contributed by atoms with van der Waals surface area (Å²) in [6.07, 6.45) is 5.07. The molecule has 1 unspecified atom stereocenters. The Bertz CT molecular complexity index is 763. The van der Waals surface area contributed by atoms with Crippen LogP contribution in [0, 0.1) is 23.2 Å². The standard InChI is InChI=1S/C25H35NO3/c1-16-9-8-12-25(3)14-22-19(13-21(16)25)20(24(28)29-22)15-26(4)17(2)23(27)18-10-6-5-7-11-18/h5-7,10-11,17,19-23,27H,1,8-9,12-15H2,2-4H3/p+1/t17-,19-,20-,21+,22-,23-,25-/m1/s1. The van der Waals surface area contributed by atoms with Gasteiger partial charge in [0.2, 0.25) is 0 Å². The molecule has 4 nitrogen and oxygen atoms in total. The van der Waals surface area contributed by atoms with Crippen LogP contribution in [0.1, 0.15) is 57.6 Å². The van der Waals surface area contributed by atoms with E-state index in [2.05, 4.69) is 27.5 Å². The summed E-state index contributed by atoms with van der Waals surface area (Å²) in [4.78, 5) is 14.0. The van der Waals surface area contributed by atoms with Gasteiger partial charge in [-0.15, -0.1) is 0 Å². The van der Waals surface area contributed by atoms with Gasteiger partial charge in [0.1, 0.15) is 24.2 Å². The summed E-state index contributed by atoms with van der Waals surface area (Å²) in [5, 5.41) is 10.8. The fraction of sp³-hybridized carbons (Fsp3) is 0.640. The van der Waals surface area contributed by atoms with Crippen LogP contribution in [0.5, 0.6) is 0 Å². The molecule has 1 saturated heterocycles. The van der Waals surface area contributed by atoms with Crippen LogP contribution in [0.25, 0.3) is 0 Å². The van der Waals surface area contributed by atoms with Crippen molar-refractivity contribution in [3.63, 3.8) is 0 Å². The van der Waals surface area contributed by atoms with E-state index in [0.717, 1.165) is 24.8 Å². The van der Waals surface area contributed by atoms with Crippen molar-refractivity contribution in [3.8, 4) is 0 Å². The Morgan fingerprint density at radius 3 is 2.79 bits per heavy atom. The van der Waals surface area contributed by atoms with Gasteiger partial charge in [0, 0.05) is 5.92 Å². The van der Waals surface area contributed by atoms with Gasteiger partial charge in [0.05, 0.1) is 13.6 Å². The molecule has 8 atom stereocenters. The Labute approximate surface area is 174 Å². The number of hydrogen-bond donors (Lipinski definition) is 2. The first-order chi connectivity index (χ1) is 13.8. The molecular weight excluding hydrogens is 362 g/mol. The molecule has 3 aliphatic rings. The summed E-state index contributed by atoms with van der Waals surface area (Å²) in [5.74, 6) is 0.687. The molecule has 3 fully saturated rings. The summed E-state index contributed by atoms with van der Waals surface area (Å²) in [5.41, 5.74) is 2.54. The number of nitrogens with one attached hydrogen (secondary N) is 1. The van der Waals surface area contributed by atoms with Crippen molar-refractivity contribution in [2.24, 2.45) is 23.2 Å². The van der Waals surface area contributed by atoms with Gasteiger partial charge in [-0.2, -0.15) is 0 Å². The minimum absolute atomic E-state index is 0.00255. The Kier molecular flexibility index (Phi) is 5.60. The highest BCUT2D eigenvalue weighted by molar-refractivity contribution is 5.75. The number of hydrogen-bond acceptors (Lipinski definition) is 3. The zero-order chi connectivity index (χ0) is 20.8. The van der Waals surface area contributed by atoms with Gasteiger partial charge in [-0.1, -0.05) is 49.4 Å². The van der Waals surface area contributed by atoms with E-state index in [1.165, 1.54) is 23.3 Å². The maximum atomic E-state index is 12.8. The minimum Gasteiger partial charge on any atom is -0.462 e. The minimum atomic E-state index is -0.544. The summed E-state index contributed by atoms with van der Waals surface area (Å²) < 4.78 is 5.91. The summed E-state index contributed by atoms with van der Waals surface area (Å²) in [7, 11) is 2.09. The average Bonchev–Trinajstić information content (AvgIpc) is 2.99. The first kappa shape index (κ1) is 20.6. The molecule has 1 aromatic carbocycles. The Balaban J connectivity index is 1.46. The predicted molar refractivity (Wildman–Crippen MR) is 113 cm³/mol. The first-order valence-electron chi connectivity index (χ1n) is 11.2. The molecule has 2 aliphatic carbocycles. The molecule has 1 aliphatic heterocycles. The number of ether oxygens (including phenoxy) is 1. The highest BCUT2D eigenvalue weighted by Gasteiger charge is 2.56. The zero-order valence-corrected chi connectivity index (χ0v) is 18.1. The molecule has 29 heavy (non-hydrogen) atoms. The fourth-order valence-electron chi connectivity index (χ4n) is 6.23. The normalized spacial score (nSPS) is 37.2. The average molecular weight is 399 g/mol. The number of likely N-dealkylation sites (N-methyl/N-ethyl adjacent to an activating group) is 1. The lowest BCUT2D eigenvalue weighted by Gasteiger charge is -2.50. The zero-order valence-electron chi connectivity index (χ0n) is 18.1. The van der Waals surface area contributed by atoms with Gasteiger partial charge >= 0.3 is 5.97 Å². The number of esters is 1. The highest BCUT2D eigenvalue weighted by atomic mass is 16.6. The van der Waals surface area contributed by atoms with Crippen LogP contribution in [-0.4, -0.2) is 36.8 Å². The number of carbonyl (C=O) groups is 1. The maximum Gasteiger partial charge on any atom is 0.315 e. The van der Waals surface area contributed by atoms with Crippen molar-refractivity contribution in [2.45, 2.75) is 64.2 Å². The molecule has 4 rings (SSSR count). The summed E-state index contributed by atoms with van der Waals surface area (Å²) in [6.45, 7) is 9.52. The van der Waals surface area contributed by atoms with Crippen LogP contribution in [0.3, 0.4) is 0 Å². The number of quaternary nitrogens is 1. The van der Waals surface area contributed by atoms with E-state index >= 15 is 0 Å². The van der Waals surface area contributed by atoms with E-state index in [-0.39, 0.29) is 35.4 Å². The third-order valence-electron chi connectivity index (χ3n) is 8.25. The fourth-order valence-corrected chi connectivity index (χ4v) is 6.23. The SMILES string of the molecule is C=C1CCC[C@]2(C)C[C@H]3OC(=O)[C@H](C[NH+](C)[C@H](C)[C@@H](O)c4ccccc4)[C@H]3C[C@@H]12. The van der Waals surface area contributed by atoms with Crippen LogP contribution >= 0.6 is 0 Å². The van der Waals surface area contributed by atoms with E-state index in [9.17, 15) is 9.90 Å². The van der Waals surface area contributed by atoms with Gasteiger partial charge in [-0.3, -0.25) is 4.79 Å². The molecule has 0 spiro atoms. The second kappa shape index (κ2) is 7.88. The van der Waals surface area contributed by atoms with Crippen LogP contribution < -0.4 is 4.90 Å². The van der Waals surface area contributed by atoms with Crippen molar-refractivity contribution in [3.05, 3.63) is 48.0 Å². The lowest BCUT2D eigenvalue weighted by Crippen LogP contribution is -3.14. The third kappa shape index (κ3) is 3.77. The van der Waals surface area contributed by atoms with Crippen molar-refractivity contribution in [1.29, 1.82) is 0 Å². The predicted octanol–water partition coefficient (Wildman–Crippen LogP) is 2.94. The van der Waals surface area contributed by atoms with E-state index in [1.54, 1.807) is 0 Å². The molecule has 0 aromatic heterocycles. The number of benzene rings is 1. The number of fused-ring (bicyclic) bond motifs is 2. The quantitative estimate of drug-likeness (QED) is 0.592. The van der Waals surface area contributed by atoms with Crippen molar-refractivity contribution < 1.29 is 19.5 Å². The molecule has 1 aromatic rings. The topological polar surface area (TPSA) is 51.0 Å². The third-order valence-corrected chi connectivity index (χ3v) is 8.25. The Morgan fingerprint density at radius 1 is 1.34 bits per heavy atom. The molecular formula is C25H36NO3+. The van der Waals surface area contributed by atoms with Crippen LogP contribution in [0.2, 0.25) is 0 Å². The molecule has 2 saturated carbocycles. The lowest BCUT2D eigenvalue weighted by molar-refractivity contribution is -0.911. The molecule has 0 radical (unpaired) electrons. The van der Waals surface area contributed by atoms with Crippen molar-refractivity contribution in [2.75, 3.05) is 13.6 Å². The van der Waals surface area contributed by atoms with E-state index < -0.39 is 6.10 Å². The van der Waals surface area contributed by atoms with E-state index in [4.69, 9.17) is 4.74 Å². The molecule has 0 amide bonds. The van der Waals surface area contributed by atoms with E-state index in [0.29, 0.717) is 12.5 Å². The molecule has 158 valence electrons. The smallest absolute Gasteiger partial charge is 0.315 e. The summed E-state index contributed by atoms with van der Waals surface area (Å²) >= 11 is 0. The van der Waals surface area contributed by atoms with E-state index in [1.807, 2.05) is 30.3 Å². The molecule has 1 heterocycles. The van der Waals surface area contributed by atoms with Gasteiger partial charge in [0.15, 0.2) is 0 Å². The number of rotatable bonds is 5. The second-order valence-electron chi connectivity index (χ2n) is 10.1. The number of aliphatic hydroxyl groups excluding tert-OH is 1. The Morgan fingerprint density at radius 2 is 2.07 bits per heavy atom.